The molecule has 3 N–H and O–H groups in total. The smallest absolute Gasteiger partial charge is 0.244 e. The van der Waals surface area contributed by atoms with Gasteiger partial charge in [0.05, 0.1) is 11.4 Å². The molecular formula is C17H27ClN4O2S. The maximum absolute atomic E-state index is 12.6. The summed E-state index contributed by atoms with van der Waals surface area (Å²) >= 11 is 0. The Hall–Kier alpha value is -1.57. The van der Waals surface area contributed by atoms with Gasteiger partial charge in [0.15, 0.2) is 0 Å². The lowest BCUT2D eigenvalue weighted by atomic mass is 10.1. The monoisotopic (exact) mass is 386 g/mol. The summed E-state index contributed by atoms with van der Waals surface area (Å²) in [6.07, 6.45) is 0.609. The fourth-order valence-corrected chi connectivity index (χ4v) is 4.12. The molecule has 0 bridgehead atoms. The van der Waals surface area contributed by atoms with Crippen LogP contribution in [0.2, 0.25) is 0 Å². The molecule has 140 valence electrons. The molecule has 0 radical (unpaired) electrons. The van der Waals surface area contributed by atoms with Crippen LogP contribution in [0.4, 0.5) is 5.69 Å². The van der Waals surface area contributed by atoms with Gasteiger partial charge >= 0.3 is 0 Å². The Labute approximate surface area is 156 Å². The molecule has 6 nitrogen and oxygen atoms in total. The van der Waals surface area contributed by atoms with Crippen LogP contribution >= 0.6 is 12.4 Å². The Bertz CT molecular complexity index is 799. The zero-order valence-corrected chi connectivity index (χ0v) is 16.7. The van der Waals surface area contributed by atoms with Crippen LogP contribution in [0.3, 0.4) is 0 Å². The molecule has 8 heteroatoms. The van der Waals surface area contributed by atoms with E-state index >= 15 is 0 Å². The van der Waals surface area contributed by atoms with Crippen LogP contribution in [-0.4, -0.2) is 24.7 Å². The molecule has 2 rings (SSSR count). The molecule has 25 heavy (non-hydrogen) atoms. The van der Waals surface area contributed by atoms with Gasteiger partial charge < -0.3 is 5.73 Å². The molecular weight excluding hydrogens is 360 g/mol. The van der Waals surface area contributed by atoms with Gasteiger partial charge in [0.2, 0.25) is 10.0 Å². The van der Waals surface area contributed by atoms with E-state index in [0.717, 1.165) is 5.56 Å². The number of halogens is 1. The summed E-state index contributed by atoms with van der Waals surface area (Å²) in [5.41, 5.74) is 8.60. The van der Waals surface area contributed by atoms with Crippen molar-refractivity contribution in [1.29, 1.82) is 0 Å². The van der Waals surface area contributed by atoms with Crippen molar-refractivity contribution in [2.75, 3.05) is 12.3 Å². The van der Waals surface area contributed by atoms with Gasteiger partial charge in [-0.25, -0.2) is 13.1 Å². The van der Waals surface area contributed by atoms with Gasteiger partial charge in [-0.05, 0) is 43.9 Å². The van der Waals surface area contributed by atoms with Crippen LogP contribution in [0.1, 0.15) is 30.8 Å². The molecule has 0 unspecified atom stereocenters. The van der Waals surface area contributed by atoms with Crippen molar-refractivity contribution in [1.82, 2.24) is 14.5 Å². The normalized spacial score (nSPS) is 11.6. The van der Waals surface area contributed by atoms with E-state index in [-0.39, 0.29) is 12.4 Å². The molecule has 0 amide bonds. The van der Waals surface area contributed by atoms with Gasteiger partial charge in [-0.15, -0.1) is 12.4 Å². The van der Waals surface area contributed by atoms with Crippen LogP contribution in [0, 0.1) is 19.8 Å². The Morgan fingerprint density at radius 3 is 2.36 bits per heavy atom. The van der Waals surface area contributed by atoms with Crippen molar-refractivity contribution in [3.8, 4) is 0 Å². The molecule has 0 atom stereocenters. The Balaban J connectivity index is 0.00000312. The van der Waals surface area contributed by atoms with E-state index in [1.54, 1.807) is 18.5 Å². The average molecular weight is 387 g/mol. The van der Waals surface area contributed by atoms with Gasteiger partial charge in [0, 0.05) is 18.8 Å². The van der Waals surface area contributed by atoms with E-state index in [1.807, 2.05) is 24.3 Å². The summed E-state index contributed by atoms with van der Waals surface area (Å²) in [6.45, 7) is 8.73. The summed E-state index contributed by atoms with van der Waals surface area (Å²) in [6, 6.07) is 7.43. The van der Waals surface area contributed by atoms with Crippen molar-refractivity contribution >= 4 is 28.1 Å². The zero-order chi connectivity index (χ0) is 17.9. The quantitative estimate of drug-likeness (QED) is 0.716. The molecule has 0 aliphatic heterocycles. The number of benzene rings is 1. The van der Waals surface area contributed by atoms with Gasteiger partial charge in [0.1, 0.15) is 4.90 Å². The number of anilines is 1. The number of nitrogens with one attached hydrogen (secondary N) is 1. The number of aromatic nitrogens is 2. The average Bonchev–Trinajstić information content (AvgIpc) is 2.75. The molecule has 0 fully saturated rings. The lowest BCUT2D eigenvalue weighted by Gasteiger charge is -2.09. The lowest BCUT2D eigenvalue weighted by Crippen LogP contribution is -2.27. The zero-order valence-electron chi connectivity index (χ0n) is 15.1. The number of hydrogen-bond acceptors (Lipinski definition) is 4. The van der Waals surface area contributed by atoms with Gasteiger partial charge in [0.25, 0.3) is 0 Å². The number of rotatable bonds is 7. The maximum atomic E-state index is 12.6. The minimum absolute atomic E-state index is 0. The number of hydrogen-bond donors (Lipinski definition) is 2. The Morgan fingerprint density at radius 2 is 1.80 bits per heavy atom. The SMILES string of the molecule is Cc1nn(CC(C)C)c(C)c1S(=O)(=O)NCCc1ccc(N)cc1.Cl. The highest BCUT2D eigenvalue weighted by atomic mass is 35.5. The molecule has 0 saturated carbocycles. The first kappa shape index (κ1) is 21.5. The van der Waals surface area contributed by atoms with Crippen molar-refractivity contribution in [3.63, 3.8) is 0 Å². The second-order valence-electron chi connectivity index (χ2n) is 6.47. The number of nitrogens with zero attached hydrogens (tertiary/aromatic N) is 2. The largest absolute Gasteiger partial charge is 0.399 e. The van der Waals surface area contributed by atoms with Crippen LogP contribution in [-0.2, 0) is 23.0 Å². The van der Waals surface area contributed by atoms with E-state index in [4.69, 9.17) is 5.73 Å². The molecule has 0 saturated heterocycles. The lowest BCUT2D eigenvalue weighted by molar-refractivity contribution is 0.471. The minimum atomic E-state index is -3.57. The van der Waals surface area contributed by atoms with Crippen molar-refractivity contribution < 1.29 is 8.42 Å². The van der Waals surface area contributed by atoms with E-state index < -0.39 is 10.0 Å². The summed E-state index contributed by atoms with van der Waals surface area (Å²) in [7, 11) is -3.57. The van der Waals surface area contributed by atoms with Crippen LogP contribution in [0.25, 0.3) is 0 Å². The highest BCUT2D eigenvalue weighted by molar-refractivity contribution is 7.89. The topological polar surface area (TPSA) is 90.0 Å². The van der Waals surface area contributed by atoms with Gasteiger partial charge in [-0.2, -0.15) is 5.10 Å². The molecule has 1 heterocycles. The van der Waals surface area contributed by atoms with Crippen LogP contribution in [0.15, 0.2) is 29.2 Å². The highest BCUT2D eigenvalue weighted by Crippen LogP contribution is 2.20. The molecule has 1 aromatic carbocycles. The summed E-state index contributed by atoms with van der Waals surface area (Å²) in [5.74, 6) is 0.400. The highest BCUT2D eigenvalue weighted by Gasteiger charge is 2.24. The minimum Gasteiger partial charge on any atom is -0.399 e. The van der Waals surface area contributed by atoms with Crippen molar-refractivity contribution in [3.05, 3.63) is 41.2 Å². The van der Waals surface area contributed by atoms with Gasteiger partial charge in [-0.3, -0.25) is 4.68 Å². The molecule has 1 aromatic heterocycles. The first-order valence-corrected chi connectivity index (χ1v) is 9.57. The first-order valence-electron chi connectivity index (χ1n) is 8.09. The fraction of sp³-hybridized carbons (Fsp3) is 0.471. The van der Waals surface area contributed by atoms with E-state index in [2.05, 4.69) is 23.7 Å². The first-order chi connectivity index (χ1) is 11.2. The predicted molar refractivity (Wildman–Crippen MR) is 104 cm³/mol. The van der Waals surface area contributed by atoms with E-state index in [0.29, 0.717) is 47.4 Å². The molecule has 0 aliphatic carbocycles. The third-order valence-corrected chi connectivity index (χ3v) is 5.52. The maximum Gasteiger partial charge on any atom is 0.244 e. The van der Waals surface area contributed by atoms with Gasteiger partial charge in [-0.1, -0.05) is 26.0 Å². The molecule has 0 aliphatic rings. The molecule has 2 aromatic rings. The summed E-state index contributed by atoms with van der Waals surface area (Å²) in [4.78, 5) is 0.292. The summed E-state index contributed by atoms with van der Waals surface area (Å²) in [5, 5.41) is 4.38. The predicted octanol–water partition coefficient (Wildman–Crippen LogP) is 2.68. The summed E-state index contributed by atoms with van der Waals surface area (Å²) < 4.78 is 29.7. The number of sulfonamides is 1. The van der Waals surface area contributed by atoms with Crippen molar-refractivity contribution in [2.45, 2.75) is 45.6 Å². The van der Waals surface area contributed by atoms with Crippen molar-refractivity contribution in [2.24, 2.45) is 5.92 Å². The van der Waals surface area contributed by atoms with Crippen LogP contribution < -0.4 is 10.5 Å². The number of nitrogen functional groups attached to an aromatic ring is 1. The Morgan fingerprint density at radius 1 is 1.20 bits per heavy atom. The Kier molecular flexibility index (Phi) is 7.46. The van der Waals surface area contributed by atoms with E-state index in [1.165, 1.54) is 0 Å². The van der Waals surface area contributed by atoms with Crippen LogP contribution in [0.5, 0.6) is 0 Å². The second-order valence-corrected chi connectivity index (χ2v) is 8.17. The molecule has 0 spiro atoms. The van der Waals surface area contributed by atoms with E-state index in [9.17, 15) is 8.42 Å². The number of nitrogens with two attached hydrogens (primary N) is 1. The second kappa shape index (κ2) is 8.69. The third kappa shape index (κ3) is 5.45. The fourth-order valence-electron chi connectivity index (χ4n) is 2.68. The standard InChI is InChI=1S/C17H26N4O2S.ClH/c1-12(2)11-21-14(4)17(13(3)20-21)24(22,23)19-10-9-15-5-7-16(18)8-6-15;/h5-8,12,19H,9-11,18H2,1-4H3;1H. The third-order valence-electron chi connectivity index (χ3n) is 3.81. The number of aryl methyl sites for hydroxylation is 1.